The van der Waals surface area contributed by atoms with E-state index in [1.165, 1.54) is 19.3 Å². The number of anilines is 1. The maximum Gasteiger partial charge on any atom is 0.137 e. The van der Waals surface area contributed by atoms with E-state index in [0.717, 1.165) is 17.6 Å². The van der Waals surface area contributed by atoms with Crippen molar-refractivity contribution in [2.75, 3.05) is 5.32 Å². The number of rotatable bonds is 4. The highest BCUT2D eigenvalue weighted by Gasteiger charge is 2.24. The molecule has 0 saturated heterocycles. The molecule has 1 aromatic heterocycles. The molecule has 3 nitrogen and oxygen atoms in total. The van der Waals surface area contributed by atoms with E-state index in [9.17, 15) is 0 Å². The van der Waals surface area contributed by atoms with Crippen molar-refractivity contribution in [3.8, 4) is 0 Å². The molecule has 0 aromatic carbocycles. The normalized spacial score (nSPS) is 17.6. The molecule has 2 rings (SSSR count). The molecule has 1 unspecified atom stereocenters. The van der Waals surface area contributed by atoms with Gasteiger partial charge in [-0.25, -0.2) is 9.97 Å². The summed E-state index contributed by atoms with van der Waals surface area (Å²) in [6, 6.07) is 2.25. The molecule has 0 bridgehead atoms. The van der Waals surface area contributed by atoms with Crippen molar-refractivity contribution in [1.82, 2.24) is 9.97 Å². The van der Waals surface area contributed by atoms with Gasteiger partial charge in [0.15, 0.2) is 0 Å². The molecular weight excluding hydrogens is 246 g/mol. The number of nitrogens with zero attached hydrogens (tertiary/aromatic N) is 2. The Bertz CT molecular complexity index is 422. The predicted molar refractivity (Wildman–Crippen MR) is 76.2 cm³/mol. The molecule has 1 aromatic rings. The molecule has 1 fully saturated rings. The first-order valence-electron chi connectivity index (χ1n) is 6.66. The Hall–Kier alpha value is -0.830. The molecule has 0 amide bonds. The van der Waals surface area contributed by atoms with Crippen LogP contribution in [0.3, 0.4) is 0 Å². The minimum atomic E-state index is -0.0823. The van der Waals surface area contributed by atoms with E-state index in [4.69, 9.17) is 11.6 Å². The fraction of sp³-hybridized carbons (Fsp3) is 0.714. The van der Waals surface area contributed by atoms with E-state index in [2.05, 4.69) is 43.0 Å². The van der Waals surface area contributed by atoms with Crippen LogP contribution < -0.4 is 5.32 Å². The van der Waals surface area contributed by atoms with E-state index < -0.39 is 0 Å². The van der Waals surface area contributed by atoms with Gasteiger partial charge in [-0.3, -0.25) is 0 Å². The monoisotopic (exact) mass is 267 g/mol. The summed E-state index contributed by atoms with van der Waals surface area (Å²) in [7, 11) is 0. The van der Waals surface area contributed by atoms with Gasteiger partial charge in [-0.1, -0.05) is 45.2 Å². The zero-order chi connectivity index (χ0) is 13.3. The van der Waals surface area contributed by atoms with E-state index in [1.807, 2.05) is 0 Å². The standard InChI is InChI=1S/C14H22ClN3/c1-9(7-10-5-6-10)16-12-8-11(15)17-13(18-12)14(2,3)4/h8-10H,5-7H2,1-4H3,(H,16,17,18). The number of nitrogens with one attached hydrogen (secondary N) is 1. The number of hydrogen-bond acceptors (Lipinski definition) is 3. The first-order valence-corrected chi connectivity index (χ1v) is 7.04. The molecule has 0 spiro atoms. The summed E-state index contributed by atoms with van der Waals surface area (Å²) in [6.45, 7) is 8.48. The lowest BCUT2D eigenvalue weighted by Gasteiger charge is -2.19. The molecule has 100 valence electrons. The predicted octanol–water partition coefficient (Wildman–Crippen LogP) is 4.03. The van der Waals surface area contributed by atoms with Crippen molar-refractivity contribution < 1.29 is 0 Å². The van der Waals surface area contributed by atoms with Crippen LogP contribution >= 0.6 is 11.6 Å². The maximum atomic E-state index is 6.07. The quantitative estimate of drug-likeness (QED) is 0.837. The molecule has 1 aliphatic rings. The summed E-state index contributed by atoms with van der Waals surface area (Å²) in [5, 5.41) is 3.94. The van der Waals surface area contributed by atoms with Crippen molar-refractivity contribution >= 4 is 17.4 Å². The van der Waals surface area contributed by atoms with Crippen molar-refractivity contribution in [3.63, 3.8) is 0 Å². The van der Waals surface area contributed by atoms with E-state index in [-0.39, 0.29) is 5.41 Å². The van der Waals surface area contributed by atoms with Crippen LogP contribution in [0.1, 0.15) is 52.8 Å². The second kappa shape index (κ2) is 5.04. The Kier molecular flexibility index (Phi) is 3.81. The van der Waals surface area contributed by atoms with Crippen LogP contribution in [0.5, 0.6) is 0 Å². The minimum Gasteiger partial charge on any atom is -0.367 e. The second-order valence-corrected chi connectivity index (χ2v) is 6.76. The van der Waals surface area contributed by atoms with Gasteiger partial charge in [0.1, 0.15) is 16.8 Å². The molecular formula is C14H22ClN3. The van der Waals surface area contributed by atoms with Gasteiger partial charge >= 0.3 is 0 Å². The summed E-state index contributed by atoms with van der Waals surface area (Å²) >= 11 is 6.07. The largest absolute Gasteiger partial charge is 0.367 e. The Morgan fingerprint density at radius 2 is 2.06 bits per heavy atom. The van der Waals surface area contributed by atoms with Crippen LogP contribution in [0.25, 0.3) is 0 Å². The molecule has 18 heavy (non-hydrogen) atoms. The average molecular weight is 268 g/mol. The first kappa shape index (κ1) is 13.6. The Labute approximate surface area is 114 Å². The summed E-state index contributed by atoms with van der Waals surface area (Å²) in [6.07, 6.45) is 3.97. The van der Waals surface area contributed by atoms with Gasteiger partial charge in [0, 0.05) is 17.5 Å². The lowest BCUT2D eigenvalue weighted by atomic mass is 9.96. The van der Waals surface area contributed by atoms with E-state index in [0.29, 0.717) is 11.2 Å². The third-order valence-electron chi connectivity index (χ3n) is 3.14. The third-order valence-corrected chi connectivity index (χ3v) is 3.34. The molecule has 1 saturated carbocycles. The highest BCUT2D eigenvalue weighted by atomic mass is 35.5. The smallest absolute Gasteiger partial charge is 0.137 e. The Morgan fingerprint density at radius 3 is 2.61 bits per heavy atom. The minimum absolute atomic E-state index is 0.0823. The van der Waals surface area contributed by atoms with Crippen LogP contribution in [-0.4, -0.2) is 16.0 Å². The number of aromatic nitrogens is 2. The van der Waals surface area contributed by atoms with Gasteiger partial charge in [0.05, 0.1) is 0 Å². The van der Waals surface area contributed by atoms with Crippen LogP contribution in [0, 0.1) is 5.92 Å². The van der Waals surface area contributed by atoms with Crippen LogP contribution in [0.15, 0.2) is 6.07 Å². The summed E-state index contributed by atoms with van der Waals surface area (Å²) < 4.78 is 0. The zero-order valence-electron chi connectivity index (χ0n) is 11.6. The zero-order valence-corrected chi connectivity index (χ0v) is 12.4. The molecule has 1 aliphatic carbocycles. The van der Waals surface area contributed by atoms with Crippen molar-refractivity contribution in [2.24, 2.45) is 5.92 Å². The van der Waals surface area contributed by atoms with Crippen LogP contribution in [0.4, 0.5) is 5.82 Å². The van der Waals surface area contributed by atoms with Crippen molar-refractivity contribution in [1.29, 1.82) is 0 Å². The summed E-state index contributed by atoms with van der Waals surface area (Å²) in [5.74, 6) is 2.54. The Balaban J connectivity index is 2.09. The van der Waals surface area contributed by atoms with Gasteiger partial charge in [0.25, 0.3) is 0 Å². The van der Waals surface area contributed by atoms with E-state index in [1.54, 1.807) is 6.07 Å². The average Bonchev–Trinajstić information content (AvgIpc) is 2.98. The van der Waals surface area contributed by atoms with Crippen LogP contribution in [0.2, 0.25) is 5.15 Å². The van der Waals surface area contributed by atoms with Gasteiger partial charge in [-0.2, -0.15) is 0 Å². The molecule has 1 atom stereocenters. The van der Waals surface area contributed by atoms with Crippen molar-refractivity contribution in [2.45, 2.75) is 58.4 Å². The van der Waals surface area contributed by atoms with Crippen LogP contribution in [-0.2, 0) is 5.41 Å². The van der Waals surface area contributed by atoms with Gasteiger partial charge < -0.3 is 5.32 Å². The van der Waals surface area contributed by atoms with Gasteiger partial charge in [-0.05, 0) is 19.3 Å². The first-order chi connectivity index (χ1) is 8.34. The summed E-state index contributed by atoms with van der Waals surface area (Å²) in [4.78, 5) is 8.87. The van der Waals surface area contributed by atoms with Gasteiger partial charge in [0.2, 0.25) is 0 Å². The SMILES string of the molecule is CC(CC1CC1)Nc1cc(Cl)nc(C(C)(C)C)n1. The molecule has 1 heterocycles. The maximum absolute atomic E-state index is 6.07. The Morgan fingerprint density at radius 1 is 1.39 bits per heavy atom. The van der Waals surface area contributed by atoms with E-state index >= 15 is 0 Å². The molecule has 1 N–H and O–H groups in total. The van der Waals surface area contributed by atoms with Crippen molar-refractivity contribution in [3.05, 3.63) is 17.0 Å². The fourth-order valence-corrected chi connectivity index (χ4v) is 2.18. The topological polar surface area (TPSA) is 37.8 Å². The summed E-state index contributed by atoms with van der Waals surface area (Å²) in [5.41, 5.74) is -0.0823. The molecule has 4 heteroatoms. The van der Waals surface area contributed by atoms with Gasteiger partial charge in [-0.15, -0.1) is 0 Å². The molecule has 0 aliphatic heterocycles. The lowest BCUT2D eigenvalue weighted by Crippen LogP contribution is -2.20. The number of halogens is 1. The second-order valence-electron chi connectivity index (χ2n) is 6.37. The highest BCUT2D eigenvalue weighted by Crippen LogP contribution is 2.34. The highest BCUT2D eigenvalue weighted by molar-refractivity contribution is 6.29. The fourth-order valence-electron chi connectivity index (χ4n) is 1.99. The number of hydrogen-bond donors (Lipinski definition) is 1. The third kappa shape index (κ3) is 3.84. The lowest BCUT2D eigenvalue weighted by molar-refractivity contribution is 0.544. The molecule has 0 radical (unpaired) electrons.